The molecule has 5 nitrogen and oxygen atoms in total. The maximum absolute atomic E-state index is 12.5. The molecule has 0 radical (unpaired) electrons. The molecule has 2 rings (SSSR count). The molecule has 1 aromatic carbocycles. The van der Waals surface area contributed by atoms with E-state index in [4.69, 9.17) is 10.00 Å². The van der Waals surface area contributed by atoms with E-state index in [1.807, 2.05) is 23.6 Å². The van der Waals surface area contributed by atoms with Crippen molar-refractivity contribution in [3.05, 3.63) is 46.2 Å². The van der Waals surface area contributed by atoms with Crippen molar-refractivity contribution in [1.29, 1.82) is 5.26 Å². The van der Waals surface area contributed by atoms with E-state index in [1.54, 1.807) is 24.3 Å². The van der Waals surface area contributed by atoms with Crippen molar-refractivity contribution in [2.45, 2.75) is 24.7 Å². The van der Waals surface area contributed by atoms with Gasteiger partial charge in [-0.3, -0.25) is 0 Å². The van der Waals surface area contributed by atoms with Gasteiger partial charge < -0.3 is 4.74 Å². The fourth-order valence-corrected chi connectivity index (χ4v) is 4.06. The van der Waals surface area contributed by atoms with Crippen LogP contribution in [0.25, 0.3) is 0 Å². The van der Waals surface area contributed by atoms with E-state index in [2.05, 4.69) is 4.72 Å². The van der Waals surface area contributed by atoms with Crippen LogP contribution in [0, 0.1) is 11.3 Å². The first-order valence-corrected chi connectivity index (χ1v) is 9.62. The third-order valence-electron chi connectivity index (χ3n) is 3.13. The lowest BCUT2D eigenvalue weighted by atomic mass is 10.2. The maximum atomic E-state index is 12.5. The predicted molar refractivity (Wildman–Crippen MR) is 90.2 cm³/mol. The van der Waals surface area contributed by atoms with Gasteiger partial charge in [-0.1, -0.05) is 6.07 Å². The van der Waals surface area contributed by atoms with Gasteiger partial charge in [0.05, 0.1) is 18.2 Å². The van der Waals surface area contributed by atoms with Gasteiger partial charge >= 0.3 is 0 Å². The SMILES string of the molecule is CCOc1ccc(C#N)cc1S(=O)(=O)NCCCc1cccs1. The first-order valence-electron chi connectivity index (χ1n) is 7.26. The molecule has 1 N–H and O–H groups in total. The van der Waals surface area contributed by atoms with Crippen LogP contribution in [0.5, 0.6) is 5.75 Å². The highest BCUT2D eigenvalue weighted by molar-refractivity contribution is 7.89. The van der Waals surface area contributed by atoms with Crippen LogP contribution in [0.15, 0.2) is 40.6 Å². The van der Waals surface area contributed by atoms with E-state index in [9.17, 15) is 8.42 Å². The highest BCUT2D eigenvalue weighted by atomic mass is 32.2. The number of sulfonamides is 1. The van der Waals surface area contributed by atoms with E-state index in [1.165, 1.54) is 17.0 Å². The summed E-state index contributed by atoms with van der Waals surface area (Å²) in [5, 5.41) is 11.0. The first-order chi connectivity index (χ1) is 11.1. The number of nitriles is 1. The Morgan fingerprint density at radius 2 is 2.17 bits per heavy atom. The molecule has 0 saturated carbocycles. The van der Waals surface area contributed by atoms with Gasteiger partial charge in [-0.05, 0) is 49.4 Å². The third-order valence-corrected chi connectivity index (χ3v) is 5.55. The van der Waals surface area contributed by atoms with Crippen LogP contribution >= 0.6 is 11.3 Å². The summed E-state index contributed by atoms with van der Waals surface area (Å²) in [6.07, 6.45) is 1.54. The van der Waals surface area contributed by atoms with Crippen molar-refractivity contribution in [3.8, 4) is 11.8 Å². The van der Waals surface area contributed by atoms with Crippen molar-refractivity contribution >= 4 is 21.4 Å². The average Bonchev–Trinajstić information content (AvgIpc) is 3.05. The van der Waals surface area contributed by atoms with Gasteiger partial charge in [0.2, 0.25) is 10.0 Å². The van der Waals surface area contributed by atoms with Gasteiger partial charge in [0.25, 0.3) is 0 Å². The minimum absolute atomic E-state index is 0.00882. The molecule has 0 aliphatic carbocycles. The molecule has 0 saturated heterocycles. The summed E-state index contributed by atoms with van der Waals surface area (Å²) in [6.45, 7) is 2.47. The Morgan fingerprint density at radius 3 is 2.83 bits per heavy atom. The number of ether oxygens (including phenoxy) is 1. The molecule has 0 aliphatic heterocycles. The van der Waals surface area contributed by atoms with Gasteiger partial charge in [0.15, 0.2) is 0 Å². The highest BCUT2D eigenvalue weighted by Crippen LogP contribution is 2.25. The standard InChI is InChI=1S/C16H18N2O3S2/c1-2-21-15-8-7-13(12-17)11-16(15)23(19,20)18-9-3-5-14-6-4-10-22-14/h4,6-8,10-11,18H,2-3,5,9H2,1H3. The minimum Gasteiger partial charge on any atom is -0.492 e. The number of thiophene rings is 1. The summed E-state index contributed by atoms with van der Waals surface area (Å²) < 4.78 is 32.9. The van der Waals surface area contributed by atoms with Crippen LogP contribution < -0.4 is 9.46 Å². The molecular formula is C16H18N2O3S2. The van der Waals surface area contributed by atoms with Gasteiger partial charge in [-0.15, -0.1) is 11.3 Å². The van der Waals surface area contributed by atoms with Crippen molar-refractivity contribution in [2.75, 3.05) is 13.2 Å². The second kappa shape index (κ2) is 8.11. The van der Waals surface area contributed by atoms with Crippen molar-refractivity contribution in [2.24, 2.45) is 0 Å². The van der Waals surface area contributed by atoms with Gasteiger partial charge in [-0.2, -0.15) is 5.26 Å². The Labute approximate surface area is 140 Å². The molecule has 122 valence electrons. The van der Waals surface area contributed by atoms with Gasteiger partial charge in [-0.25, -0.2) is 13.1 Å². The number of nitrogens with zero attached hydrogens (tertiary/aromatic N) is 1. The van der Waals surface area contributed by atoms with Crippen LogP contribution in [-0.2, 0) is 16.4 Å². The summed E-state index contributed by atoms with van der Waals surface area (Å²) in [4.78, 5) is 1.24. The lowest BCUT2D eigenvalue weighted by molar-refractivity contribution is 0.331. The third kappa shape index (κ3) is 4.79. The monoisotopic (exact) mass is 350 g/mol. The second-order valence-corrected chi connectivity index (χ2v) is 7.55. The Morgan fingerprint density at radius 1 is 1.35 bits per heavy atom. The summed E-state index contributed by atoms with van der Waals surface area (Å²) in [7, 11) is -3.71. The molecule has 0 spiro atoms. The molecule has 0 aliphatic rings. The Kier molecular flexibility index (Phi) is 6.16. The zero-order valence-electron chi connectivity index (χ0n) is 12.8. The molecule has 0 amide bonds. The number of rotatable bonds is 8. The fraction of sp³-hybridized carbons (Fsp3) is 0.312. The zero-order chi connectivity index (χ0) is 16.7. The molecule has 1 aromatic heterocycles. The van der Waals surface area contributed by atoms with Crippen molar-refractivity contribution < 1.29 is 13.2 Å². The normalized spacial score (nSPS) is 11.1. The predicted octanol–water partition coefficient (Wildman–Crippen LogP) is 2.93. The summed E-state index contributed by atoms with van der Waals surface area (Å²) >= 11 is 1.66. The van der Waals surface area contributed by atoms with E-state index < -0.39 is 10.0 Å². The molecule has 0 unspecified atom stereocenters. The molecule has 1 heterocycles. The van der Waals surface area contributed by atoms with Crippen LogP contribution in [0.2, 0.25) is 0 Å². The molecular weight excluding hydrogens is 332 g/mol. The smallest absolute Gasteiger partial charge is 0.244 e. The molecule has 0 bridgehead atoms. The van der Waals surface area contributed by atoms with E-state index in [0.717, 1.165) is 6.42 Å². The molecule has 2 aromatic rings. The number of hydrogen-bond donors (Lipinski definition) is 1. The molecule has 0 fully saturated rings. The van der Waals surface area contributed by atoms with Crippen LogP contribution in [0.4, 0.5) is 0 Å². The first kappa shape index (κ1) is 17.5. The topological polar surface area (TPSA) is 79.2 Å². The maximum Gasteiger partial charge on any atom is 0.244 e. The van der Waals surface area contributed by atoms with E-state index in [0.29, 0.717) is 19.6 Å². The summed E-state index contributed by atoms with van der Waals surface area (Å²) in [5.74, 6) is 0.261. The summed E-state index contributed by atoms with van der Waals surface area (Å²) in [5.41, 5.74) is 0.285. The minimum atomic E-state index is -3.71. The largest absolute Gasteiger partial charge is 0.492 e. The van der Waals surface area contributed by atoms with E-state index >= 15 is 0 Å². The zero-order valence-corrected chi connectivity index (χ0v) is 14.4. The number of aryl methyl sites for hydroxylation is 1. The molecule has 23 heavy (non-hydrogen) atoms. The Bertz CT molecular complexity index is 778. The summed E-state index contributed by atoms with van der Waals surface area (Å²) in [6, 6.07) is 10.4. The second-order valence-electron chi connectivity index (χ2n) is 4.79. The Balaban J connectivity index is 2.07. The van der Waals surface area contributed by atoms with Crippen LogP contribution in [-0.4, -0.2) is 21.6 Å². The highest BCUT2D eigenvalue weighted by Gasteiger charge is 2.20. The van der Waals surface area contributed by atoms with Gasteiger partial charge in [0, 0.05) is 11.4 Å². The Hall–Kier alpha value is -1.88. The quantitative estimate of drug-likeness (QED) is 0.743. The molecule has 7 heteroatoms. The fourth-order valence-electron chi connectivity index (χ4n) is 2.06. The lowest BCUT2D eigenvalue weighted by Crippen LogP contribution is -2.25. The number of nitrogens with one attached hydrogen (secondary N) is 1. The van der Waals surface area contributed by atoms with E-state index in [-0.39, 0.29) is 16.2 Å². The molecule has 0 atom stereocenters. The number of hydrogen-bond acceptors (Lipinski definition) is 5. The average molecular weight is 350 g/mol. The van der Waals surface area contributed by atoms with Crippen molar-refractivity contribution in [1.82, 2.24) is 4.72 Å². The van der Waals surface area contributed by atoms with Gasteiger partial charge in [0.1, 0.15) is 10.6 Å². The van der Waals surface area contributed by atoms with Crippen LogP contribution in [0.1, 0.15) is 23.8 Å². The number of benzene rings is 1. The van der Waals surface area contributed by atoms with Crippen LogP contribution in [0.3, 0.4) is 0 Å². The van der Waals surface area contributed by atoms with Crippen molar-refractivity contribution in [3.63, 3.8) is 0 Å². The lowest BCUT2D eigenvalue weighted by Gasteiger charge is -2.12.